The van der Waals surface area contributed by atoms with Crippen molar-refractivity contribution < 1.29 is 37.4 Å². The maximum absolute atomic E-state index is 15.2. The minimum Gasteiger partial charge on any atom is -0.477 e. The molecule has 2 aromatic heterocycles. The highest BCUT2D eigenvalue weighted by Gasteiger charge is 2.34. The highest BCUT2D eigenvalue weighted by atomic mass is 19.1. The molecule has 2 amide bonds. The Morgan fingerprint density at radius 1 is 1.12 bits per heavy atom. The summed E-state index contributed by atoms with van der Waals surface area (Å²) in [6.07, 6.45) is 0.461. The average molecular weight is 604 g/mol. The van der Waals surface area contributed by atoms with Gasteiger partial charge < -0.3 is 25.4 Å². The van der Waals surface area contributed by atoms with Crippen molar-refractivity contribution in [3.63, 3.8) is 0 Å². The molecule has 14 heteroatoms. The molecule has 1 atom stereocenters. The number of carbonyl (C=O) groups excluding carboxylic acids is 2. The Balaban J connectivity index is 1.59. The topological polar surface area (TPSA) is 143 Å². The lowest BCUT2D eigenvalue weighted by atomic mass is 10.0. The van der Waals surface area contributed by atoms with Gasteiger partial charge in [-0.15, -0.1) is 0 Å². The van der Waals surface area contributed by atoms with Crippen LogP contribution < -0.4 is 21.0 Å². The molecule has 3 N–H and O–H groups in total. The van der Waals surface area contributed by atoms with Crippen LogP contribution in [0.25, 0.3) is 16.7 Å². The Bertz CT molecular complexity index is 1650. The molecule has 3 heterocycles. The number of alkyl carbamates (subject to hydrolysis) is 1. The van der Waals surface area contributed by atoms with Crippen LogP contribution in [-0.2, 0) is 9.53 Å². The molecule has 3 aromatic rings. The third-order valence-electron chi connectivity index (χ3n) is 6.55. The zero-order chi connectivity index (χ0) is 31.8. The molecule has 0 spiro atoms. The minimum atomic E-state index is -1.62. The van der Waals surface area contributed by atoms with Crippen LogP contribution in [0.1, 0.15) is 51.4 Å². The number of pyridine rings is 2. The van der Waals surface area contributed by atoms with E-state index >= 15 is 4.39 Å². The van der Waals surface area contributed by atoms with E-state index in [2.05, 4.69) is 15.6 Å². The molecule has 0 radical (unpaired) electrons. The molecule has 0 saturated carbocycles. The summed E-state index contributed by atoms with van der Waals surface area (Å²) in [6, 6.07) is 2.07. The zero-order valence-electron chi connectivity index (χ0n) is 24.2. The lowest BCUT2D eigenvalue weighted by Crippen LogP contribution is -2.62. The van der Waals surface area contributed by atoms with E-state index in [1.807, 2.05) is 13.8 Å². The predicted molar refractivity (Wildman–Crippen MR) is 151 cm³/mol. The van der Waals surface area contributed by atoms with Gasteiger partial charge in [0.1, 0.15) is 28.8 Å². The number of hydrogen-bond acceptors (Lipinski definition) is 7. The van der Waals surface area contributed by atoms with Gasteiger partial charge in [0.05, 0.1) is 17.1 Å². The maximum atomic E-state index is 15.2. The quantitative estimate of drug-likeness (QED) is 0.354. The van der Waals surface area contributed by atoms with Crippen molar-refractivity contribution in [1.82, 2.24) is 20.2 Å². The molecule has 1 aromatic carbocycles. The first-order valence-electron chi connectivity index (χ1n) is 13.5. The van der Waals surface area contributed by atoms with E-state index in [0.29, 0.717) is 12.5 Å². The van der Waals surface area contributed by atoms with Crippen molar-refractivity contribution in [3.8, 4) is 5.69 Å². The molecule has 43 heavy (non-hydrogen) atoms. The van der Waals surface area contributed by atoms with Gasteiger partial charge in [0.15, 0.2) is 17.3 Å². The van der Waals surface area contributed by atoms with Crippen LogP contribution in [0.3, 0.4) is 0 Å². The minimum absolute atomic E-state index is 0.0738. The first-order valence-corrected chi connectivity index (χ1v) is 13.5. The normalized spacial score (nSPS) is 14.4. The largest absolute Gasteiger partial charge is 0.477 e. The van der Waals surface area contributed by atoms with E-state index in [1.54, 1.807) is 20.8 Å². The molecule has 1 fully saturated rings. The summed E-state index contributed by atoms with van der Waals surface area (Å²) >= 11 is 0. The second kappa shape index (κ2) is 11.9. The van der Waals surface area contributed by atoms with Gasteiger partial charge in [0.2, 0.25) is 11.3 Å². The van der Waals surface area contributed by atoms with Gasteiger partial charge in [-0.05, 0) is 51.3 Å². The molecule has 0 bridgehead atoms. The molecular formula is C29H32F3N5O6. The highest BCUT2D eigenvalue weighted by molar-refractivity contribution is 5.92. The van der Waals surface area contributed by atoms with Gasteiger partial charge in [-0.1, -0.05) is 13.8 Å². The summed E-state index contributed by atoms with van der Waals surface area (Å²) in [6.45, 7) is 9.13. The number of benzene rings is 1. The molecule has 1 aliphatic rings. The molecular weight excluding hydrogens is 571 g/mol. The van der Waals surface area contributed by atoms with Gasteiger partial charge >= 0.3 is 12.1 Å². The van der Waals surface area contributed by atoms with E-state index in [9.17, 15) is 33.1 Å². The van der Waals surface area contributed by atoms with E-state index in [4.69, 9.17) is 4.74 Å². The van der Waals surface area contributed by atoms with Crippen molar-refractivity contribution in [2.45, 2.75) is 58.7 Å². The highest BCUT2D eigenvalue weighted by Crippen LogP contribution is 2.27. The molecule has 0 aliphatic carbocycles. The summed E-state index contributed by atoms with van der Waals surface area (Å²) in [7, 11) is 0. The van der Waals surface area contributed by atoms with Crippen molar-refractivity contribution in [2.24, 2.45) is 5.92 Å². The number of aromatic nitrogens is 2. The van der Waals surface area contributed by atoms with Gasteiger partial charge in [-0.3, -0.25) is 14.2 Å². The Labute approximate surface area is 244 Å². The number of aromatic carboxylic acids is 1. The summed E-state index contributed by atoms with van der Waals surface area (Å²) < 4.78 is 49.7. The van der Waals surface area contributed by atoms with Crippen LogP contribution in [0.15, 0.2) is 35.3 Å². The van der Waals surface area contributed by atoms with Crippen molar-refractivity contribution >= 4 is 34.8 Å². The Morgan fingerprint density at radius 3 is 2.37 bits per heavy atom. The number of halogens is 3. The second-order valence-corrected chi connectivity index (χ2v) is 11.7. The van der Waals surface area contributed by atoms with E-state index < -0.39 is 69.5 Å². The van der Waals surface area contributed by atoms with Crippen LogP contribution in [0.2, 0.25) is 0 Å². The average Bonchev–Trinajstić information content (AvgIpc) is 2.85. The Morgan fingerprint density at radius 2 is 1.79 bits per heavy atom. The van der Waals surface area contributed by atoms with Gasteiger partial charge in [0, 0.05) is 25.4 Å². The lowest BCUT2D eigenvalue weighted by molar-refractivity contribution is -0.124. The number of fused-ring (bicyclic) bond motifs is 1. The Kier molecular flexibility index (Phi) is 8.69. The molecule has 11 nitrogen and oxygen atoms in total. The van der Waals surface area contributed by atoms with Crippen LogP contribution in [0.4, 0.5) is 23.8 Å². The van der Waals surface area contributed by atoms with E-state index in [0.717, 1.165) is 29.0 Å². The molecule has 0 unspecified atom stereocenters. The van der Waals surface area contributed by atoms with Crippen LogP contribution >= 0.6 is 0 Å². The fraction of sp³-hybridized carbons (Fsp3) is 0.414. The maximum Gasteiger partial charge on any atom is 0.408 e. The monoisotopic (exact) mass is 603 g/mol. The summed E-state index contributed by atoms with van der Waals surface area (Å²) in [5.74, 6) is -5.09. The third-order valence-corrected chi connectivity index (χ3v) is 6.55. The van der Waals surface area contributed by atoms with E-state index in [-0.39, 0.29) is 36.2 Å². The van der Waals surface area contributed by atoms with Crippen LogP contribution in [-0.4, -0.2) is 63.4 Å². The third kappa shape index (κ3) is 7.07. The smallest absolute Gasteiger partial charge is 0.408 e. The molecule has 1 saturated heterocycles. The number of carbonyl (C=O) groups is 3. The Hall–Kier alpha value is -4.62. The number of anilines is 1. The first kappa shape index (κ1) is 31.3. The predicted octanol–water partition coefficient (Wildman–Crippen LogP) is 3.75. The van der Waals surface area contributed by atoms with Crippen molar-refractivity contribution in [2.75, 3.05) is 18.0 Å². The number of carboxylic acid groups (broad SMARTS) is 1. The first-order chi connectivity index (χ1) is 20.0. The molecule has 1 aliphatic heterocycles. The number of ether oxygens (including phenoxy) is 1. The van der Waals surface area contributed by atoms with Crippen molar-refractivity contribution in [1.29, 1.82) is 0 Å². The zero-order valence-corrected chi connectivity index (χ0v) is 24.2. The standard InChI is InChI=1S/C29H32F3N5O6/c1-14(2)8-21(34-28(42)43-29(3,4)5)26(39)33-16-11-36(12-16)25-20(32)10-17-23(38)18(27(40)41)13-37(24(17)35-25)22-7-6-15(30)9-19(22)31/h6-7,9-10,13-14,16,21H,8,11-12H2,1-5H3,(H,33,39)(H,34,42)(H,40,41)/t21-/m0/s1. The lowest BCUT2D eigenvalue weighted by Gasteiger charge is -2.41. The summed E-state index contributed by atoms with van der Waals surface area (Å²) in [4.78, 5) is 55.5. The van der Waals surface area contributed by atoms with E-state index in [1.165, 1.54) is 4.90 Å². The SMILES string of the molecule is CC(C)C[C@H](NC(=O)OC(C)(C)C)C(=O)NC1CN(c2nc3c(cc2F)c(=O)c(C(=O)O)cn3-c2ccc(F)cc2F)C1. The molecule has 4 rings (SSSR count). The van der Waals surface area contributed by atoms with Crippen LogP contribution in [0.5, 0.6) is 0 Å². The fourth-order valence-electron chi connectivity index (χ4n) is 4.65. The molecule has 230 valence electrons. The number of rotatable bonds is 8. The van der Waals surface area contributed by atoms with Gasteiger partial charge in [-0.2, -0.15) is 0 Å². The number of nitrogens with zero attached hydrogens (tertiary/aromatic N) is 3. The second-order valence-electron chi connectivity index (χ2n) is 11.7. The number of hydrogen-bond donors (Lipinski definition) is 3. The number of nitrogens with one attached hydrogen (secondary N) is 2. The summed E-state index contributed by atoms with van der Waals surface area (Å²) in [5, 5.41) is 14.5. The fourth-order valence-corrected chi connectivity index (χ4v) is 4.65. The number of amides is 2. The van der Waals surface area contributed by atoms with Gasteiger partial charge in [-0.25, -0.2) is 27.7 Å². The summed E-state index contributed by atoms with van der Waals surface area (Å²) in [5.41, 5.74) is -3.09. The van der Waals surface area contributed by atoms with Crippen LogP contribution in [0, 0.1) is 23.4 Å². The number of carboxylic acids is 1. The van der Waals surface area contributed by atoms with Gasteiger partial charge in [0.25, 0.3) is 0 Å². The van der Waals surface area contributed by atoms with Crippen molar-refractivity contribution in [3.05, 3.63) is 63.7 Å².